The molecule has 1 aromatic carbocycles. The van der Waals surface area contributed by atoms with Gasteiger partial charge in [-0.15, -0.1) is 0 Å². The summed E-state index contributed by atoms with van der Waals surface area (Å²) in [5.41, 5.74) is 0.0869. The lowest BCUT2D eigenvalue weighted by Gasteiger charge is -2.36. The van der Waals surface area contributed by atoms with Gasteiger partial charge in [-0.2, -0.15) is 0 Å². The number of nitrogens with one attached hydrogen (secondary N) is 1. The molecule has 1 aliphatic heterocycles. The normalized spacial score (nSPS) is 19.9. The third-order valence-electron chi connectivity index (χ3n) is 4.38. The molecule has 0 amide bonds. The largest absolute Gasteiger partial charge is 0.316 e. The molecular weight excluding hydrogens is 260 g/mol. The summed E-state index contributed by atoms with van der Waals surface area (Å²) >= 11 is 0. The van der Waals surface area contributed by atoms with E-state index in [0.29, 0.717) is 11.5 Å². The molecule has 0 bridgehead atoms. The van der Waals surface area contributed by atoms with Crippen LogP contribution in [0.1, 0.15) is 32.3 Å². The molecule has 1 heterocycles. The van der Waals surface area contributed by atoms with Gasteiger partial charge in [0.2, 0.25) is 0 Å². The zero-order chi connectivity index (χ0) is 14.8. The SMILES string of the molecule is CC(C)(C(=O)Cc1ccc(F)c(F)c1)C1CCCNC1. The molecule has 110 valence electrons. The van der Waals surface area contributed by atoms with Crippen molar-refractivity contribution < 1.29 is 13.6 Å². The Kier molecular flexibility index (Phi) is 4.53. The Balaban J connectivity index is 2.07. The smallest absolute Gasteiger partial charge is 0.159 e. The fraction of sp³-hybridized carbons (Fsp3) is 0.562. The first-order valence-electron chi connectivity index (χ1n) is 7.09. The van der Waals surface area contributed by atoms with E-state index in [1.54, 1.807) is 0 Å². The van der Waals surface area contributed by atoms with Crippen LogP contribution in [0.3, 0.4) is 0 Å². The predicted molar refractivity (Wildman–Crippen MR) is 74.4 cm³/mol. The maximum Gasteiger partial charge on any atom is 0.159 e. The highest BCUT2D eigenvalue weighted by molar-refractivity contribution is 5.86. The van der Waals surface area contributed by atoms with Gasteiger partial charge in [0.1, 0.15) is 5.78 Å². The Morgan fingerprint density at radius 2 is 2.10 bits per heavy atom. The third-order valence-corrected chi connectivity index (χ3v) is 4.38. The van der Waals surface area contributed by atoms with Gasteiger partial charge in [-0.3, -0.25) is 4.79 Å². The number of piperidine rings is 1. The minimum absolute atomic E-state index is 0.0807. The van der Waals surface area contributed by atoms with E-state index in [9.17, 15) is 13.6 Å². The number of carbonyl (C=O) groups excluding carboxylic acids is 1. The van der Waals surface area contributed by atoms with Crippen LogP contribution in [-0.4, -0.2) is 18.9 Å². The topological polar surface area (TPSA) is 29.1 Å². The van der Waals surface area contributed by atoms with Crippen LogP contribution < -0.4 is 5.32 Å². The standard InChI is InChI=1S/C16H21F2NO/c1-16(2,12-4-3-7-19-10-12)15(20)9-11-5-6-13(17)14(18)8-11/h5-6,8,12,19H,3-4,7,9-10H2,1-2H3. The summed E-state index contributed by atoms with van der Waals surface area (Å²) in [5, 5.41) is 3.31. The Hall–Kier alpha value is -1.29. The minimum Gasteiger partial charge on any atom is -0.316 e. The lowest BCUT2D eigenvalue weighted by Crippen LogP contribution is -2.43. The quantitative estimate of drug-likeness (QED) is 0.919. The van der Waals surface area contributed by atoms with Crippen LogP contribution >= 0.6 is 0 Å². The lowest BCUT2D eigenvalue weighted by molar-refractivity contribution is -0.129. The zero-order valence-electron chi connectivity index (χ0n) is 12.0. The van der Waals surface area contributed by atoms with Crippen molar-refractivity contribution in [3.8, 4) is 0 Å². The predicted octanol–water partition coefficient (Wildman–Crippen LogP) is 3.10. The highest BCUT2D eigenvalue weighted by Gasteiger charge is 2.36. The van der Waals surface area contributed by atoms with E-state index in [0.717, 1.165) is 38.1 Å². The zero-order valence-corrected chi connectivity index (χ0v) is 12.0. The lowest BCUT2D eigenvalue weighted by atomic mass is 9.71. The van der Waals surface area contributed by atoms with Gasteiger partial charge in [-0.05, 0) is 49.5 Å². The van der Waals surface area contributed by atoms with Gasteiger partial charge in [0.05, 0.1) is 0 Å². The van der Waals surface area contributed by atoms with Crippen molar-refractivity contribution in [2.24, 2.45) is 11.3 Å². The Morgan fingerprint density at radius 3 is 2.70 bits per heavy atom. The molecule has 0 spiro atoms. The summed E-state index contributed by atoms with van der Waals surface area (Å²) < 4.78 is 26.1. The second-order valence-electron chi connectivity index (χ2n) is 6.11. The van der Waals surface area contributed by atoms with Gasteiger partial charge < -0.3 is 5.32 Å². The summed E-state index contributed by atoms with van der Waals surface area (Å²) in [6, 6.07) is 3.67. The molecule has 4 heteroatoms. The average Bonchev–Trinajstić information content (AvgIpc) is 2.44. The Bertz CT molecular complexity index is 493. The number of halogens is 2. The molecular formula is C16H21F2NO. The van der Waals surface area contributed by atoms with Crippen LogP contribution in [0.2, 0.25) is 0 Å². The van der Waals surface area contributed by atoms with Crippen LogP contribution in [0.25, 0.3) is 0 Å². The molecule has 1 saturated heterocycles. The van der Waals surface area contributed by atoms with Crippen LogP contribution in [-0.2, 0) is 11.2 Å². The summed E-state index contributed by atoms with van der Waals surface area (Å²) in [6.45, 7) is 5.75. The Morgan fingerprint density at radius 1 is 1.35 bits per heavy atom. The number of ketones is 1. The van der Waals surface area contributed by atoms with E-state index in [-0.39, 0.29) is 12.2 Å². The van der Waals surface area contributed by atoms with Crippen molar-refractivity contribution >= 4 is 5.78 Å². The van der Waals surface area contributed by atoms with Crippen LogP contribution in [0, 0.1) is 23.0 Å². The summed E-state index contributed by atoms with van der Waals surface area (Å²) in [7, 11) is 0. The van der Waals surface area contributed by atoms with Gasteiger partial charge in [-0.25, -0.2) is 8.78 Å². The van der Waals surface area contributed by atoms with Gasteiger partial charge in [0.25, 0.3) is 0 Å². The molecule has 1 N–H and O–H groups in total. The average molecular weight is 281 g/mol. The first-order valence-corrected chi connectivity index (χ1v) is 7.09. The highest BCUT2D eigenvalue weighted by Crippen LogP contribution is 2.33. The number of carbonyl (C=O) groups is 1. The number of hydrogen-bond donors (Lipinski definition) is 1. The van der Waals surface area contributed by atoms with E-state index in [4.69, 9.17) is 0 Å². The number of Topliss-reactive ketones (excluding diaryl/α,β-unsaturated/α-hetero) is 1. The van der Waals surface area contributed by atoms with E-state index >= 15 is 0 Å². The van der Waals surface area contributed by atoms with Crippen molar-refractivity contribution in [1.82, 2.24) is 5.32 Å². The molecule has 1 unspecified atom stereocenters. The van der Waals surface area contributed by atoms with Gasteiger partial charge in [-0.1, -0.05) is 19.9 Å². The molecule has 0 aliphatic carbocycles. The first-order chi connectivity index (χ1) is 9.41. The van der Waals surface area contributed by atoms with Gasteiger partial charge in [0, 0.05) is 11.8 Å². The fourth-order valence-electron chi connectivity index (χ4n) is 2.76. The molecule has 1 atom stereocenters. The van der Waals surface area contributed by atoms with Crippen LogP contribution in [0.15, 0.2) is 18.2 Å². The molecule has 1 aromatic rings. The first kappa shape index (κ1) is 15.1. The molecule has 0 aromatic heterocycles. The molecule has 2 nitrogen and oxygen atoms in total. The van der Waals surface area contributed by atoms with E-state index in [2.05, 4.69) is 5.32 Å². The maximum absolute atomic E-state index is 13.2. The summed E-state index contributed by atoms with van der Waals surface area (Å²) in [5.74, 6) is -1.39. The number of hydrogen-bond acceptors (Lipinski definition) is 2. The highest BCUT2D eigenvalue weighted by atomic mass is 19.2. The van der Waals surface area contributed by atoms with Crippen molar-refractivity contribution in [3.63, 3.8) is 0 Å². The van der Waals surface area contributed by atoms with E-state index < -0.39 is 17.0 Å². The van der Waals surface area contributed by atoms with Crippen molar-refractivity contribution in [2.45, 2.75) is 33.1 Å². The molecule has 0 radical (unpaired) electrons. The second-order valence-corrected chi connectivity index (χ2v) is 6.11. The van der Waals surface area contributed by atoms with Gasteiger partial charge >= 0.3 is 0 Å². The van der Waals surface area contributed by atoms with Crippen LogP contribution in [0.4, 0.5) is 8.78 Å². The van der Waals surface area contributed by atoms with Crippen molar-refractivity contribution in [2.75, 3.05) is 13.1 Å². The number of rotatable bonds is 4. The molecule has 0 saturated carbocycles. The summed E-state index contributed by atoms with van der Waals surface area (Å²) in [6.07, 6.45) is 2.26. The van der Waals surface area contributed by atoms with Crippen molar-refractivity contribution in [3.05, 3.63) is 35.4 Å². The number of benzene rings is 1. The van der Waals surface area contributed by atoms with E-state index in [1.807, 2.05) is 13.8 Å². The monoisotopic (exact) mass is 281 g/mol. The fourth-order valence-corrected chi connectivity index (χ4v) is 2.76. The molecule has 20 heavy (non-hydrogen) atoms. The summed E-state index contributed by atoms with van der Waals surface area (Å²) in [4.78, 5) is 12.5. The van der Waals surface area contributed by atoms with Gasteiger partial charge in [0.15, 0.2) is 11.6 Å². The van der Waals surface area contributed by atoms with E-state index in [1.165, 1.54) is 6.07 Å². The van der Waals surface area contributed by atoms with Crippen molar-refractivity contribution in [1.29, 1.82) is 0 Å². The van der Waals surface area contributed by atoms with Crippen LogP contribution in [0.5, 0.6) is 0 Å². The minimum atomic E-state index is -0.896. The molecule has 1 aliphatic rings. The Labute approximate surface area is 118 Å². The molecule has 1 fully saturated rings. The molecule has 2 rings (SSSR count). The maximum atomic E-state index is 13.2. The second kappa shape index (κ2) is 6.00. The third kappa shape index (κ3) is 3.23.